The van der Waals surface area contributed by atoms with Gasteiger partial charge in [0.05, 0.1) is 5.69 Å². The van der Waals surface area contributed by atoms with Crippen molar-refractivity contribution >= 4 is 17.5 Å². The number of nitrogens with one attached hydrogen (secondary N) is 1. The van der Waals surface area contributed by atoms with Gasteiger partial charge >= 0.3 is 12.3 Å². The molecular weight excluding hydrogens is 422 g/mol. The van der Waals surface area contributed by atoms with Gasteiger partial charge in [0.15, 0.2) is 5.82 Å². The smallest absolute Gasteiger partial charge is 0.481 e. The fourth-order valence-corrected chi connectivity index (χ4v) is 2.70. The highest BCUT2D eigenvalue weighted by Gasteiger charge is 2.31. The van der Waals surface area contributed by atoms with Gasteiger partial charge < -0.3 is 15.2 Å². The number of hydrogen-bond donors (Lipinski definition) is 2. The van der Waals surface area contributed by atoms with Gasteiger partial charge in [-0.15, -0.1) is 13.2 Å². The van der Waals surface area contributed by atoms with Crippen LogP contribution in [0.15, 0.2) is 59.7 Å². The summed E-state index contributed by atoms with van der Waals surface area (Å²) in [4.78, 5) is 27.2. The molecule has 0 amide bonds. The third kappa shape index (κ3) is 5.81. The summed E-state index contributed by atoms with van der Waals surface area (Å²) in [6, 6.07) is 9.02. The average molecular weight is 437 g/mol. The van der Waals surface area contributed by atoms with E-state index in [9.17, 15) is 27.2 Å². The van der Waals surface area contributed by atoms with Gasteiger partial charge in [0, 0.05) is 30.6 Å². The van der Waals surface area contributed by atoms with Crippen LogP contribution in [0.5, 0.6) is 5.75 Å². The minimum atomic E-state index is -4.96. The van der Waals surface area contributed by atoms with E-state index in [0.29, 0.717) is 18.2 Å². The first-order valence-corrected chi connectivity index (χ1v) is 8.83. The number of anilines is 2. The number of ether oxygens (including phenoxy) is 1. The van der Waals surface area contributed by atoms with E-state index in [-0.39, 0.29) is 17.9 Å². The second kappa shape index (κ2) is 8.86. The molecule has 0 saturated heterocycles. The number of nitrogens with zero attached hydrogens (tertiary/aromatic N) is 2. The molecule has 1 heterocycles. The second-order valence-corrected chi connectivity index (χ2v) is 6.33. The molecule has 0 radical (unpaired) electrons. The summed E-state index contributed by atoms with van der Waals surface area (Å²) in [5.41, 5.74) is 0.343. The molecule has 3 rings (SSSR count). The molecule has 1 aromatic heterocycles. The lowest BCUT2D eigenvalue weighted by Gasteiger charge is -2.12. The van der Waals surface area contributed by atoms with Crippen molar-refractivity contribution in [1.82, 2.24) is 9.55 Å². The largest absolute Gasteiger partial charge is 0.573 e. The van der Waals surface area contributed by atoms with Crippen LogP contribution in [-0.2, 0) is 11.2 Å². The highest BCUT2D eigenvalue weighted by molar-refractivity contribution is 5.67. The summed E-state index contributed by atoms with van der Waals surface area (Å²) in [6.45, 7) is 0. The second-order valence-electron chi connectivity index (χ2n) is 6.33. The van der Waals surface area contributed by atoms with Gasteiger partial charge in [-0.1, -0.05) is 12.1 Å². The first kappa shape index (κ1) is 21.8. The Bertz CT molecular complexity index is 1140. The van der Waals surface area contributed by atoms with Crippen molar-refractivity contribution in [3.63, 3.8) is 0 Å². The molecule has 0 fully saturated rings. The van der Waals surface area contributed by atoms with Crippen LogP contribution in [0.3, 0.4) is 0 Å². The van der Waals surface area contributed by atoms with Crippen LogP contribution < -0.4 is 15.6 Å². The predicted octanol–water partition coefficient (Wildman–Crippen LogP) is 4.03. The van der Waals surface area contributed by atoms with Crippen molar-refractivity contribution in [2.24, 2.45) is 0 Å². The molecule has 0 aliphatic heterocycles. The number of rotatable bonds is 7. The van der Waals surface area contributed by atoms with Crippen LogP contribution >= 0.6 is 0 Å². The predicted molar refractivity (Wildman–Crippen MR) is 102 cm³/mol. The molecule has 2 aromatic carbocycles. The Morgan fingerprint density at radius 2 is 1.87 bits per heavy atom. The monoisotopic (exact) mass is 437 g/mol. The summed E-state index contributed by atoms with van der Waals surface area (Å²) < 4.78 is 55.8. The van der Waals surface area contributed by atoms with Crippen LogP contribution in [0, 0.1) is 5.82 Å². The quantitative estimate of drug-likeness (QED) is 0.542. The maximum atomic E-state index is 14.2. The number of carboxylic acid groups (broad SMARTS) is 1. The molecule has 31 heavy (non-hydrogen) atoms. The van der Waals surface area contributed by atoms with Crippen molar-refractivity contribution < 1.29 is 32.2 Å². The van der Waals surface area contributed by atoms with Crippen molar-refractivity contribution in [2.45, 2.75) is 19.2 Å². The third-order valence-corrected chi connectivity index (χ3v) is 4.11. The summed E-state index contributed by atoms with van der Waals surface area (Å²) in [5.74, 6) is -2.98. The van der Waals surface area contributed by atoms with Gasteiger partial charge in [-0.25, -0.2) is 9.37 Å². The number of aryl methyl sites for hydroxylation is 1. The Labute approximate surface area is 172 Å². The highest BCUT2D eigenvalue weighted by atomic mass is 19.4. The van der Waals surface area contributed by atoms with Crippen LogP contribution in [0.1, 0.15) is 12.0 Å². The van der Waals surface area contributed by atoms with Crippen molar-refractivity contribution in [1.29, 1.82) is 0 Å². The Morgan fingerprint density at radius 1 is 1.16 bits per heavy atom. The molecule has 0 atom stereocenters. The maximum Gasteiger partial charge on any atom is 0.573 e. The molecule has 0 unspecified atom stereocenters. The molecule has 0 bridgehead atoms. The third-order valence-electron chi connectivity index (χ3n) is 4.11. The molecule has 162 valence electrons. The minimum Gasteiger partial charge on any atom is -0.481 e. The fraction of sp³-hybridized carbons (Fsp3) is 0.150. The summed E-state index contributed by atoms with van der Waals surface area (Å²) in [5, 5.41) is 11.2. The summed E-state index contributed by atoms with van der Waals surface area (Å²) in [7, 11) is 0. The van der Waals surface area contributed by atoms with Crippen molar-refractivity contribution in [2.75, 3.05) is 5.32 Å². The number of aromatic nitrogens is 2. The van der Waals surface area contributed by atoms with Gasteiger partial charge in [0.1, 0.15) is 11.6 Å². The number of halogens is 4. The number of alkyl halides is 3. The number of benzene rings is 2. The van der Waals surface area contributed by atoms with Gasteiger partial charge in [0.2, 0.25) is 0 Å². The topological polar surface area (TPSA) is 93.4 Å². The van der Waals surface area contributed by atoms with E-state index < -0.39 is 29.5 Å². The van der Waals surface area contributed by atoms with Gasteiger partial charge in [-0.05, 0) is 36.2 Å². The van der Waals surface area contributed by atoms with Crippen molar-refractivity contribution in [3.05, 3.63) is 76.6 Å². The Kier molecular flexibility index (Phi) is 6.23. The van der Waals surface area contributed by atoms with Gasteiger partial charge in [0.25, 0.3) is 5.56 Å². The zero-order chi connectivity index (χ0) is 22.6. The molecular formula is C20H15F4N3O4. The first-order chi connectivity index (χ1) is 14.6. The highest BCUT2D eigenvalue weighted by Crippen LogP contribution is 2.27. The zero-order valence-corrected chi connectivity index (χ0v) is 15.7. The maximum absolute atomic E-state index is 14.2. The molecule has 0 spiro atoms. The number of hydrogen-bond acceptors (Lipinski definition) is 5. The normalized spacial score (nSPS) is 11.2. The molecule has 3 aromatic rings. The molecule has 0 aliphatic rings. The van der Waals surface area contributed by atoms with Gasteiger partial charge in [-0.3, -0.25) is 14.2 Å². The van der Waals surface area contributed by atoms with E-state index >= 15 is 0 Å². The number of aliphatic carboxylic acids is 1. The van der Waals surface area contributed by atoms with Crippen LogP contribution in [-0.4, -0.2) is 27.0 Å². The molecule has 7 nitrogen and oxygen atoms in total. The van der Waals surface area contributed by atoms with Crippen LogP contribution in [0.25, 0.3) is 5.69 Å². The molecule has 11 heteroatoms. The average Bonchev–Trinajstić information content (AvgIpc) is 2.69. The Balaban J connectivity index is 1.81. The summed E-state index contributed by atoms with van der Waals surface area (Å²) in [6.07, 6.45) is -1.97. The standard InChI is InChI=1S/C20H15F4N3O4/c21-15-11-14(31-20(22,23)24)6-7-16(15)26-18-19(30)27(10-9-25-18)13-4-1-12(2-5-13)3-8-17(28)29/h1-2,4-7,9-11H,3,8H2,(H,25,26)(H,28,29). The minimum absolute atomic E-state index is 0.0268. The summed E-state index contributed by atoms with van der Waals surface area (Å²) >= 11 is 0. The lowest BCUT2D eigenvalue weighted by atomic mass is 10.1. The number of carboxylic acids is 1. The van der Waals surface area contributed by atoms with Crippen molar-refractivity contribution in [3.8, 4) is 11.4 Å². The SMILES string of the molecule is O=C(O)CCc1ccc(-n2ccnc(Nc3ccc(OC(F)(F)F)cc3F)c2=O)cc1. The molecule has 0 aliphatic carbocycles. The van der Waals surface area contributed by atoms with E-state index in [1.54, 1.807) is 24.3 Å². The molecule has 2 N–H and O–H groups in total. The lowest BCUT2D eigenvalue weighted by Crippen LogP contribution is -2.22. The van der Waals surface area contributed by atoms with Crippen LogP contribution in [0.2, 0.25) is 0 Å². The Hall–Kier alpha value is -3.89. The zero-order valence-electron chi connectivity index (χ0n) is 15.7. The van der Waals surface area contributed by atoms with E-state index in [1.165, 1.54) is 17.0 Å². The van der Waals surface area contributed by atoms with E-state index in [1.807, 2.05) is 0 Å². The first-order valence-electron chi connectivity index (χ1n) is 8.83. The van der Waals surface area contributed by atoms with Gasteiger partial charge in [-0.2, -0.15) is 0 Å². The van der Waals surface area contributed by atoms with E-state index in [2.05, 4.69) is 15.0 Å². The Morgan fingerprint density at radius 3 is 2.48 bits per heavy atom. The van der Waals surface area contributed by atoms with E-state index in [0.717, 1.165) is 17.7 Å². The van der Waals surface area contributed by atoms with Crippen LogP contribution in [0.4, 0.5) is 29.1 Å². The fourth-order valence-electron chi connectivity index (χ4n) is 2.70. The lowest BCUT2D eigenvalue weighted by molar-refractivity contribution is -0.274. The van der Waals surface area contributed by atoms with E-state index in [4.69, 9.17) is 5.11 Å². The molecule has 0 saturated carbocycles. The number of carbonyl (C=O) groups is 1.